The van der Waals surface area contributed by atoms with Gasteiger partial charge in [-0.05, 0) is 97.5 Å². The molecule has 0 unspecified atom stereocenters. The van der Waals surface area contributed by atoms with Gasteiger partial charge >= 0.3 is 10.1 Å². The number of aryl methyl sites for hydroxylation is 1. The number of aromatic hydroxyl groups is 4. The Morgan fingerprint density at radius 1 is 0.455 bits per heavy atom. The van der Waals surface area contributed by atoms with E-state index >= 15 is 0 Å². The summed E-state index contributed by atoms with van der Waals surface area (Å²) >= 11 is 0. The maximum Gasteiger partial charge on any atom is 0.339 e. The minimum Gasteiger partial charge on any atom is -0.507 e. The second-order valence-electron chi connectivity index (χ2n) is 18.3. The van der Waals surface area contributed by atoms with Crippen molar-refractivity contribution in [1.29, 1.82) is 0 Å². The van der Waals surface area contributed by atoms with E-state index < -0.39 is 10.1 Å². The van der Waals surface area contributed by atoms with Crippen molar-refractivity contribution < 1.29 is 33.0 Å². The van der Waals surface area contributed by atoms with Crippen LogP contribution < -0.4 is 4.18 Å². The molecule has 0 fully saturated rings. The first-order chi connectivity index (χ1) is 25.4. The van der Waals surface area contributed by atoms with Crippen molar-refractivity contribution >= 4 is 10.1 Å². The molecule has 1 aliphatic carbocycles. The van der Waals surface area contributed by atoms with Crippen LogP contribution in [0.5, 0.6) is 28.7 Å². The fraction of sp³-hybridized carbons (Fsp3) is 0.362. The van der Waals surface area contributed by atoms with E-state index in [-0.39, 0.29) is 75.6 Å². The zero-order valence-corrected chi connectivity index (χ0v) is 34.5. The van der Waals surface area contributed by atoms with Crippen molar-refractivity contribution in [2.45, 2.75) is 116 Å². The molecule has 5 aromatic rings. The molecule has 1 aliphatic rings. The molecule has 0 heterocycles. The Morgan fingerprint density at radius 3 is 0.964 bits per heavy atom. The van der Waals surface area contributed by atoms with Crippen LogP contribution in [0.2, 0.25) is 0 Å². The second-order valence-corrected chi connectivity index (χ2v) is 19.9. The summed E-state index contributed by atoms with van der Waals surface area (Å²) in [5, 5.41) is 47.9. The van der Waals surface area contributed by atoms with E-state index in [1.165, 1.54) is 24.3 Å². The Labute approximate surface area is 326 Å². The molecular formula is C47H54O7S. The highest BCUT2D eigenvalue weighted by molar-refractivity contribution is 7.87. The van der Waals surface area contributed by atoms with Gasteiger partial charge in [0.15, 0.2) is 0 Å². The zero-order valence-electron chi connectivity index (χ0n) is 33.7. The number of fused-ring (bicyclic) bond motifs is 8. The Morgan fingerprint density at radius 2 is 0.709 bits per heavy atom. The molecule has 0 saturated carbocycles. The zero-order chi connectivity index (χ0) is 40.4. The van der Waals surface area contributed by atoms with E-state index in [4.69, 9.17) is 4.18 Å². The Hall–Kier alpha value is -4.95. The number of benzene rings is 5. The van der Waals surface area contributed by atoms with Crippen LogP contribution in [0.4, 0.5) is 0 Å². The summed E-state index contributed by atoms with van der Waals surface area (Å²) in [6.45, 7) is 20.7. The number of hydrogen-bond donors (Lipinski definition) is 4. The Bertz CT molecular complexity index is 2290. The highest BCUT2D eigenvalue weighted by atomic mass is 32.2. The molecule has 0 aromatic heterocycles. The van der Waals surface area contributed by atoms with Crippen molar-refractivity contribution in [3.63, 3.8) is 0 Å². The standard InChI is InChI=1S/C47H54O7S/c1-27-11-13-40(14-12-27)55(52,53)54-39-25-34-17-32-23-37(46(5,6)7)21-30(42(32)49)15-28-19-36(45(2,3)4)20-29(41(28)48)16-31-22-38(47(8,9)10)24-33(43(31)50)18-35(26-39)44(34)51/h11-14,19-26,48-51H,15-18H2,1-10H3. The molecule has 4 N–H and O–H groups in total. The van der Waals surface area contributed by atoms with Crippen molar-refractivity contribution in [3.05, 3.63) is 140 Å². The third-order valence-electron chi connectivity index (χ3n) is 10.7. The third-order valence-corrected chi connectivity index (χ3v) is 11.9. The molecule has 8 bridgehead atoms. The minimum atomic E-state index is -4.26. The maximum atomic E-state index is 13.6. The number of phenolic OH excluding ortho intramolecular Hbond substituents is 4. The van der Waals surface area contributed by atoms with Gasteiger partial charge in [-0.15, -0.1) is 0 Å². The molecule has 0 atom stereocenters. The van der Waals surface area contributed by atoms with Gasteiger partial charge in [0.05, 0.1) is 0 Å². The van der Waals surface area contributed by atoms with Crippen molar-refractivity contribution in [3.8, 4) is 28.7 Å². The van der Waals surface area contributed by atoms with Gasteiger partial charge in [0.25, 0.3) is 0 Å². The lowest BCUT2D eigenvalue weighted by atomic mass is 9.80. The average molecular weight is 763 g/mol. The molecule has 0 saturated heterocycles. The SMILES string of the molecule is Cc1ccc(S(=O)(=O)Oc2cc3c(O)c(c2)Cc2cc(C(C)(C)C)cc(c2O)Cc2cc(C(C)(C)C)cc(c2O)Cc2cc(C(C)(C)C)cc(c2O)C3)cc1. The van der Waals surface area contributed by atoms with Gasteiger partial charge in [0.2, 0.25) is 0 Å². The lowest BCUT2D eigenvalue weighted by Gasteiger charge is -2.26. The van der Waals surface area contributed by atoms with E-state index in [0.717, 1.165) is 22.3 Å². The smallest absolute Gasteiger partial charge is 0.339 e. The van der Waals surface area contributed by atoms with Crippen LogP contribution in [0.1, 0.15) is 129 Å². The van der Waals surface area contributed by atoms with Crippen molar-refractivity contribution in [2.75, 3.05) is 0 Å². The van der Waals surface area contributed by atoms with Crippen LogP contribution >= 0.6 is 0 Å². The summed E-state index contributed by atoms with van der Waals surface area (Å²) in [6, 6.07) is 21.1. The third kappa shape index (κ3) is 8.35. The summed E-state index contributed by atoms with van der Waals surface area (Å²) < 4.78 is 32.9. The summed E-state index contributed by atoms with van der Waals surface area (Å²) in [5.41, 5.74) is 7.19. The van der Waals surface area contributed by atoms with E-state index in [2.05, 4.69) is 62.3 Å². The molecule has 0 radical (unpaired) electrons. The van der Waals surface area contributed by atoms with Gasteiger partial charge in [-0.3, -0.25) is 0 Å². The molecule has 6 rings (SSSR count). The first-order valence-corrected chi connectivity index (χ1v) is 20.2. The van der Waals surface area contributed by atoms with Crippen molar-refractivity contribution in [2.24, 2.45) is 0 Å². The van der Waals surface area contributed by atoms with E-state index in [0.29, 0.717) is 44.5 Å². The fourth-order valence-corrected chi connectivity index (χ4v) is 8.05. The largest absolute Gasteiger partial charge is 0.507 e. The highest BCUT2D eigenvalue weighted by Gasteiger charge is 2.27. The summed E-state index contributed by atoms with van der Waals surface area (Å²) in [4.78, 5) is -0.00913. The van der Waals surface area contributed by atoms with E-state index in [1.807, 2.05) is 43.3 Å². The fourth-order valence-electron chi connectivity index (χ4n) is 7.13. The molecule has 0 spiro atoms. The van der Waals surface area contributed by atoms with Crippen LogP contribution in [0.25, 0.3) is 0 Å². The van der Waals surface area contributed by atoms with E-state index in [1.54, 1.807) is 12.1 Å². The van der Waals surface area contributed by atoms with Crippen LogP contribution in [0.15, 0.2) is 77.7 Å². The first kappa shape index (κ1) is 39.7. The van der Waals surface area contributed by atoms with Crippen LogP contribution in [0, 0.1) is 6.92 Å². The quantitative estimate of drug-likeness (QED) is 0.132. The summed E-state index contributed by atoms with van der Waals surface area (Å²) in [7, 11) is -4.26. The molecule has 290 valence electrons. The predicted molar refractivity (Wildman–Crippen MR) is 219 cm³/mol. The van der Waals surface area contributed by atoms with Crippen LogP contribution in [-0.2, 0) is 52.0 Å². The maximum absolute atomic E-state index is 13.6. The lowest BCUT2D eigenvalue weighted by Crippen LogP contribution is -2.15. The summed E-state index contributed by atoms with van der Waals surface area (Å²) in [6.07, 6.45) is 0.531. The number of hydrogen-bond acceptors (Lipinski definition) is 7. The molecule has 55 heavy (non-hydrogen) atoms. The van der Waals surface area contributed by atoms with Crippen LogP contribution in [0.3, 0.4) is 0 Å². The van der Waals surface area contributed by atoms with E-state index in [9.17, 15) is 28.8 Å². The average Bonchev–Trinajstić information content (AvgIpc) is 3.06. The monoisotopic (exact) mass is 762 g/mol. The minimum absolute atomic E-state index is 0.00233. The van der Waals surface area contributed by atoms with Crippen molar-refractivity contribution in [1.82, 2.24) is 0 Å². The molecule has 8 heteroatoms. The predicted octanol–water partition coefficient (Wildman–Crippen LogP) is 10.2. The first-order valence-electron chi connectivity index (χ1n) is 18.8. The van der Waals surface area contributed by atoms with Gasteiger partial charge in [0.1, 0.15) is 33.6 Å². The Balaban J connectivity index is 1.65. The molecule has 7 nitrogen and oxygen atoms in total. The van der Waals surface area contributed by atoms with Gasteiger partial charge in [0, 0.05) is 36.8 Å². The van der Waals surface area contributed by atoms with Crippen LogP contribution in [-0.4, -0.2) is 28.8 Å². The molecular weight excluding hydrogens is 709 g/mol. The number of phenols is 4. The normalized spacial score (nSPS) is 13.8. The molecule has 0 aliphatic heterocycles. The summed E-state index contributed by atoms with van der Waals surface area (Å²) in [5.74, 6) is 0.0780. The number of rotatable bonds is 3. The molecule has 0 amide bonds. The van der Waals surface area contributed by atoms with Gasteiger partial charge < -0.3 is 24.6 Å². The van der Waals surface area contributed by atoms with Gasteiger partial charge in [-0.25, -0.2) is 0 Å². The topological polar surface area (TPSA) is 124 Å². The highest BCUT2D eigenvalue weighted by Crippen LogP contribution is 2.43. The van der Waals surface area contributed by atoms with Gasteiger partial charge in [-0.2, -0.15) is 8.42 Å². The molecule has 5 aromatic carbocycles. The lowest BCUT2D eigenvalue weighted by molar-refractivity contribution is 0.446. The Kier molecular flexibility index (Phi) is 10.1. The van der Waals surface area contributed by atoms with Gasteiger partial charge in [-0.1, -0.05) is 116 Å². The second kappa shape index (κ2) is 14.0.